The molecular weight excluding hydrogens is 580 g/mol. The van der Waals surface area contributed by atoms with Gasteiger partial charge in [-0.15, -0.1) is 10.2 Å². The number of unbranched alkanes of at least 4 members (excludes halogenated alkanes) is 1. The number of alkyl halides is 3. The van der Waals surface area contributed by atoms with Crippen LogP contribution in [0.15, 0.2) is 78.0 Å². The molecular formula is C29H27Cl2F3N4OS. The maximum absolute atomic E-state index is 13.4. The number of carbonyl (C=O) groups excluding carboxylic acids is 1. The number of thioether (sulfide) groups is 1. The Morgan fingerprint density at radius 2 is 1.75 bits per heavy atom. The Kier molecular flexibility index (Phi) is 10.5. The summed E-state index contributed by atoms with van der Waals surface area (Å²) in [5.41, 5.74) is 1.52. The second kappa shape index (κ2) is 14.1. The van der Waals surface area contributed by atoms with Crippen LogP contribution in [0.4, 0.5) is 13.2 Å². The van der Waals surface area contributed by atoms with Gasteiger partial charge < -0.3 is 5.32 Å². The molecule has 4 rings (SSSR count). The van der Waals surface area contributed by atoms with Gasteiger partial charge in [-0.3, -0.25) is 9.36 Å². The number of hydrogen-bond acceptors (Lipinski definition) is 4. The lowest BCUT2D eigenvalue weighted by Crippen LogP contribution is -2.25. The van der Waals surface area contributed by atoms with Gasteiger partial charge in [-0.25, -0.2) is 0 Å². The molecule has 3 aromatic carbocycles. The number of aromatic nitrogens is 3. The molecule has 11 heteroatoms. The van der Waals surface area contributed by atoms with Gasteiger partial charge in [-0.05, 0) is 60.7 Å². The van der Waals surface area contributed by atoms with Crippen LogP contribution in [0.3, 0.4) is 0 Å². The molecule has 1 aromatic heterocycles. The van der Waals surface area contributed by atoms with Gasteiger partial charge in [0.25, 0.3) is 0 Å². The van der Waals surface area contributed by atoms with Crippen molar-refractivity contribution in [2.75, 3.05) is 12.3 Å². The molecule has 210 valence electrons. The van der Waals surface area contributed by atoms with Crippen molar-refractivity contribution in [3.8, 4) is 5.69 Å². The molecule has 4 aromatic rings. The number of rotatable bonds is 12. The summed E-state index contributed by atoms with van der Waals surface area (Å²) in [5.74, 6) is 1.14. The SMILES string of the molecule is O=C(CCCCSc1nnc(Cc2ccccc2)n1-c1cccc(C(F)(F)F)c1)NCCc1ccc(Cl)cc1Cl. The lowest BCUT2D eigenvalue weighted by atomic mass is 10.1. The topological polar surface area (TPSA) is 59.8 Å². The van der Waals surface area contributed by atoms with E-state index in [1.54, 1.807) is 22.8 Å². The van der Waals surface area contributed by atoms with Crippen LogP contribution < -0.4 is 5.32 Å². The van der Waals surface area contributed by atoms with Gasteiger partial charge in [-0.2, -0.15) is 13.2 Å². The summed E-state index contributed by atoms with van der Waals surface area (Å²) >= 11 is 13.5. The zero-order valence-corrected chi connectivity index (χ0v) is 23.8. The number of nitrogens with zero attached hydrogens (tertiary/aromatic N) is 3. The van der Waals surface area contributed by atoms with Gasteiger partial charge in [0, 0.05) is 35.2 Å². The molecule has 0 unspecified atom stereocenters. The van der Waals surface area contributed by atoms with E-state index in [1.165, 1.54) is 17.8 Å². The number of amides is 1. The van der Waals surface area contributed by atoms with Crippen LogP contribution in [0.5, 0.6) is 0 Å². The van der Waals surface area contributed by atoms with Crippen molar-refractivity contribution < 1.29 is 18.0 Å². The highest BCUT2D eigenvalue weighted by atomic mass is 35.5. The van der Waals surface area contributed by atoms with E-state index in [1.807, 2.05) is 36.4 Å². The van der Waals surface area contributed by atoms with E-state index in [0.717, 1.165) is 29.7 Å². The molecule has 0 saturated heterocycles. The zero-order chi connectivity index (χ0) is 28.5. The third kappa shape index (κ3) is 8.49. The highest BCUT2D eigenvalue weighted by Gasteiger charge is 2.31. The summed E-state index contributed by atoms with van der Waals surface area (Å²) in [6, 6.07) is 20.0. The van der Waals surface area contributed by atoms with E-state index >= 15 is 0 Å². The molecule has 1 N–H and O–H groups in total. The largest absolute Gasteiger partial charge is 0.416 e. The van der Waals surface area contributed by atoms with Gasteiger partial charge >= 0.3 is 6.18 Å². The monoisotopic (exact) mass is 606 g/mol. The predicted molar refractivity (Wildman–Crippen MR) is 153 cm³/mol. The molecule has 0 fully saturated rings. The highest BCUT2D eigenvalue weighted by Crippen LogP contribution is 2.32. The number of benzene rings is 3. The summed E-state index contributed by atoms with van der Waals surface area (Å²) in [6.07, 6.45) is -1.67. The molecule has 0 radical (unpaired) electrons. The Hall–Kier alpha value is -3.01. The average Bonchev–Trinajstić information content (AvgIpc) is 3.32. The lowest BCUT2D eigenvalue weighted by Gasteiger charge is -2.13. The second-order valence-electron chi connectivity index (χ2n) is 9.09. The third-order valence-electron chi connectivity index (χ3n) is 6.10. The van der Waals surface area contributed by atoms with Crippen molar-refractivity contribution in [3.63, 3.8) is 0 Å². The van der Waals surface area contributed by atoms with Gasteiger partial charge in [0.05, 0.1) is 11.3 Å². The maximum atomic E-state index is 13.4. The molecule has 0 saturated carbocycles. The van der Waals surface area contributed by atoms with Crippen molar-refractivity contribution >= 4 is 40.9 Å². The molecule has 0 bridgehead atoms. The first-order valence-electron chi connectivity index (χ1n) is 12.7. The molecule has 5 nitrogen and oxygen atoms in total. The minimum absolute atomic E-state index is 0.0487. The summed E-state index contributed by atoms with van der Waals surface area (Å²) in [5, 5.41) is 13.1. The first kappa shape index (κ1) is 30.0. The number of carbonyl (C=O) groups is 1. The van der Waals surface area contributed by atoms with Crippen LogP contribution >= 0.6 is 35.0 Å². The molecule has 0 aliphatic heterocycles. The van der Waals surface area contributed by atoms with Crippen LogP contribution in [0, 0.1) is 0 Å². The minimum Gasteiger partial charge on any atom is -0.356 e. The van der Waals surface area contributed by atoms with Crippen LogP contribution in [0.25, 0.3) is 5.69 Å². The minimum atomic E-state index is -4.46. The molecule has 40 heavy (non-hydrogen) atoms. The number of hydrogen-bond donors (Lipinski definition) is 1. The van der Waals surface area contributed by atoms with E-state index in [4.69, 9.17) is 23.2 Å². The zero-order valence-electron chi connectivity index (χ0n) is 21.4. The summed E-state index contributed by atoms with van der Waals surface area (Å²) in [6.45, 7) is 0.471. The van der Waals surface area contributed by atoms with Crippen LogP contribution in [0.2, 0.25) is 10.0 Å². The van der Waals surface area contributed by atoms with Gasteiger partial charge in [-0.1, -0.05) is 77.4 Å². The van der Waals surface area contributed by atoms with Crippen LogP contribution in [0.1, 0.15) is 41.8 Å². The van der Waals surface area contributed by atoms with E-state index in [-0.39, 0.29) is 5.91 Å². The van der Waals surface area contributed by atoms with Crippen molar-refractivity contribution in [2.45, 2.75) is 43.4 Å². The fraction of sp³-hybridized carbons (Fsp3) is 0.276. The highest BCUT2D eigenvalue weighted by molar-refractivity contribution is 7.99. The Morgan fingerprint density at radius 3 is 2.50 bits per heavy atom. The Bertz CT molecular complexity index is 1430. The second-order valence-corrected chi connectivity index (χ2v) is 11.0. The molecule has 1 heterocycles. The first-order valence-corrected chi connectivity index (χ1v) is 14.4. The average molecular weight is 608 g/mol. The van der Waals surface area contributed by atoms with E-state index < -0.39 is 11.7 Å². The van der Waals surface area contributed by atoms with E-state index in [0.29, 0.717) is 64.7 Å². The predicted octanol–water partition coefficient (Wildman–Crippen LogP) is 7.81. The molecule has 0 aliphatic carbocycles. The van der Waals surface area contributed by atoms with E-state index in [9.17, 15) is 18.0 Å². The quantitative estimate of drug-likeness (QED) is 0.132. The summed E-state index contributed by atoms with van der Waals surface area (Å²) in [4.78, 5) is 12.2. The lowest BCUT2D eigenvalue weighted by molar-refractivity contribution is -0.137. The normalized spacial score (nSPS) is 11.5. The molecule has 1 amide bonds. The summed E-state index contributed by atoms with van der Waals surface area (Å²) < 4.78 is 41.9. The summed E-state index contributed by atoms with van der Waals surface area (Å²) in [7, 11) is 0. The Balaban J connectivity index is 1.33. The number of halogens is 5. The fourth-order valence-electron chi connectivity index (χ4n) is 4.07. The third-order valence-corrected chi connectivity index (χ3v) is 7.70. The Labute approximate surface area is 245 Å². The van der Waals surface area contributed by atoms with Crippen molar-refractivity contribution in [1.82, 2.24) is 20.1 Å². The number of nitrogens with one attached hydrogen (secondary N) is 1. The fourth-order valence-corrected chi connectivity index (χ4v) is 5.54. The molecule has 0 spiro atoms. The van der Waals surface area contributed by atoms with Gasteiger partial charge in [0.2, 0.25) is 5.91 Å². The van der Waals surface area contributed by atoms with Gasteiger partial charge in [0.1, 0.15) is 5.82 Å². The molecule has 0 atom stereocenters. The Morgan fingerprint density at radius 1 is 0.950 bits per heavy atom. The van der Waals surface area contributed by atoms with Crippen molar-refractivity contribution in [3.05, 3.63) is 105 Å². The smallest absolute Gasteiger partial charge is 0.356 e. The molecule has 0 aliphatic rings. The standard InChI is InChI=1S/C29H27Cl2F3N4OS/c30-23-13-12-21(25(31)19-23)14-15-35-27(39)11-4-5-16-40-28-37-36-26(17-20-7-2-1-3-8-20)38(28)24-10-6-9-22(18-24)29(32,33)34/h1-3,6-10,12-13,18-19H,4-5,11,14-17H2,(H,35,39). The van der Waals surface area contributed by atoms with Crippen LogP contribution in [-0.4, -0.2) is 33.0 Å². The van der Waals surface area contributed by atoms with Gasteiger partial charge in [0.15, 0.2) is 5.16 Å². The van der Waals surface area contributed by atoms with Crippen LogP contribution in [-0.2, 0) is 23.8 Å². The maximum Gasteiger partial charge on any atom is 0.416 e. The van der Waals surface area contributed by atoms with Crippen molar-refractivity contribution in [1.29, 1.82) is 0 Å². The van der Waals surface area contributed by atoms with E-state index in [2.05, 4.69) is 15.5 Å². The van der Waals surface area contributed by atoms with Crippen molar-refractivity contribution in [2.24, 2.45) is 0 Å². The first-order chi connectivity index (χ1) is 19.2.